The Labute approximate surface area is 103 Å². The van der Waals surface area contributed by atoms with Gasteiger partial charge in [0.2, 0.25) is 0 Å². The topological polar surface area (TPSA) is 54.4 Å². The van der Waals surface area contributed by atoms with Crippen LogP contribution in [0, 0.1) is 0 Å². The van der Waals surface area contributed by atoms with Gasteiger partial charge >= 0.3 is 0 Å². The van der Waals surface area contributed by atoms with Gasteiger partial charge in [-0.25, -0.2) is 0 Å². The minimum absolute atomic E-state index is 0.183. The molecule has 0 atom stereocenters. The van der Waals surface area contributed by atoms with E-state index < -0.39 is 10.1 Å². The maximum Gasteiger partial charge on any atom is 0.295 e. The molecule has 2 rings (SSSR count). The number of hydrogen-bond acceptors (Lipinski definition) is 3. The molecule has 3 nitrogen and oxygen atoms in total. The summed E-state index contributed by atoms with van der Waals surface area (Å²) in [7, 11) is -4.28. The lowest BCUT2D eigenvalue weighted by Gasteiger charge is -2.07. The molecule has 0 saturated carbocycles. The van der Waals surface area contributed by atoms with E-state index in [-0.39, 0.29) is 4.90 Å². The molecule has 0 radical (unpaired) electrons. The molecule has 16 heavy (non-hydrogen) atoms. The lowest BCUT2D eigenvalue weighted by Crippen LogP contribution is -1.99. The van der Waals surface area contributed by atoms with E-state index in [0.29, 0.717) is 20.7 Å². The Morgan fingerprint density at radius 2 is 1.88 bits per heavy atom. The van der Waals surface area contributed by atoms with Gasteiger partial charge in [-0.05, 0) is 18.2 Å². The van der Waals surface area contributed by atoms with Crippen LogP contribution in [0.3, 0.4) is 0 Å². The Hall–Kier alpha value is -0.750. The van der Waals surface area contributed by atoms with Crippen LogP contribution in [-0.4, -0.2) is 13.0 Å². The molecule has 0 aliphatic heterocycles. The molecule has 0 aromatic heterocycles. The SMILES string of the molecule is O=S(=O)(O)c1cccc2c(Cl)ccc(S)c12. The van der Waals surface area contributed by atoms with E-state index in [0.717, 1.165) is 0 Å². The molecule has 84 valence electrons. The molecule has 0 spiro atoms. The van der Waals surface area contributed by atoms with Crippen molar-refractivity contribution in [1.29, 1.82) is 0 Å². The fourth-order valence-corrected chi connectivity index (χ4v) is 2.87. The average Bonchev–Trinajstić information content (AvgIpc) is 2.22. The predicted molar refractivity (Wildman–Crippen MR) is 66.0 cm³/mol. The fourth-order valence-electron chi connectivity index (χ4n) is 1.53. The van der Waals surface area contributed by atoms with Gasteiger partial charge in [0.25, 0.3) is 10.1 Å². The van der Waals surface area contributed by atoms with Gasteiger partial charge in [-0.15, -0.1) is 12.6 Å². The Kier molecular flexibility index (Phi) is 2.88. The molecule has 2 aromatic rings. The van der Waals surface area contributed by atoms with Crippen molar-refractivity contribution in [3.8, 4) is 0 Å². The number of fused-ring (bicyclic) bond motifs is 1. The maximum atomic E-state index is 11.2. The van der Waals surface area contributed by atoms with Crippen LogP contribution in [0.15, 0.2) is 40.1 Å². The summed E-state index contributed by atoms with van der Waals surface area (Å²) in [6, 6.07) is 7.72. The zero-order valence-electron chi connectivity index (χ0n) is 7.88. The number of rotatable bonds is 1. The summed E-state index contributed by atoms with van der Waals surface area (Å²) in [5, 5.41) is 1.29. The highest BCUT2D eigenvalue weighted by atomic mass is 35.5. The molecule has 0 heterocycles. The van der Waals surface area contributed by atoms with Crippen molar-refractivity contribution in [2.45, 2.75) is 9.79 Å². The van der Waals surface area contributed by atoms with Crippen molar-refractivity contribution >= 4 is 45.1 Å². The first-order valence-electron chi connectivity index (χ1n) is 4.29. The number of halogens is 1. The van der Waals surface area contributed by atoms with E-state index in [4.69, 9.17) is 16.2 Å². The second kappa shape index (κ2) is 3.92. The van der Waals surface area contributed by atoms with Gasteiger partial charge in [-0.1, -0.05) is 23.7 Å². The normalized spacial score (nSPS) is 11.9. The zero-order chi connectivity index (χ0) is 11.9. The predicted octanol–water partition coefficient (Wildman–Crippen LogP) is 3.03. The first-order valence-corrected chi connectivity index (χ1v) is 6.55. The molecule has 0 fully saturated rings. The summed E-state index contributed by atoms with van der Waals surface area (Å²) >= 11 is 10.1. The fraction of sp³-hybridized carbons (Fsp3) is 0. The third-order valence-corrected chi connectivity index (χ3v) is 3.80. The van der Waals surface area contributed by atoms with E-state index in [2.05, 4.69) is 12.6 Å². The Morgan fingerprint density at radius 3 is 2.50 bits per heavy atom. The molecule has 2 aromatic carbocycles. The second-order valence-corrected chi connectivity index (χ2v) is 5.50. The van der Waals surface area contributed by atoms with Crippen LogP contribution < -0.4 is 0 Å². The van der Waals surface area contributed by atoms with Crippen LogP contribution in [0.5, 0.6) is 0 Å². The summed E-state index contributed by atoms with van der Waals surface area (Å²) in [6.07, 6.45) is 0. The lowest BCUT2D eigenvalue weighted by atomic mass is 10.1. The van der Waals surface area contributed by atoms with Crippen LogP contribution in [-0.2, 0) is 10.1 Å². The smallest absolute Gasteiger partial charge is 0.282 e. The van der Waals surface area contributed by atoms with E-state index >= 15 is 0 Å². The minimum atomic E-state index is -4.28. The Morgan fingerprint density at radius 1 is 1.19 bits per heavy atom. The van der Waals surface area contributed by atoms with Crippen LogP contribution in [0.25, 0.3) is 10.8 Å². The van der Waals surface area contributed by atoms with Crippen molar-refractivity contribution in [3.05, 3.63) is 35.4 Å². The molecule has 0 amide bonds. The highest BCUT2D eigenvalue weighted by molar-refractivity contribution is 7.86. The molecule has 0 bridgehead atoms. The molecule has 6 heteroatoms. The van der Waals surface area contributed by atoms with E-state index in [9.17, 15) is 8.42 Å². The zero-order valence-corrected chi connectivity index (χ0v) is 10.4. The van der Waals surface area contributed by atoms with Crippen molar-refractivity contribution in [2.24, 2.45) is 0 Å². The largest absolute Gasteiger partial charge is 0.295 e. The first-order chi connectivity index (χ1) is 7.41. The van der Waals surface area contributed by atoms with Gasteiger partial charge in [-0.3, -0.25) is 4.55 Å². The van der Waals surface area contributed by atoms with Crippen molar-refractivity contribution in [2.75, 3.05) is 0 Å². The van der Waals surface area contributed by atoms with Crippen molar-refractivity contribution in [1.82, 2.24) is 0 Å². The Bertz CT molecular complexity index is 665. The standard InChI is InChI=1S/C10H7ClO3S2/c11-7-4-5-8(15)10-6(7)2-1-3-9(10)16(12,13)14/h1-5,15H,(H,12,13,14). The minimum Gasteiger partial charge on any atom is -0.282 e. The summed E-state index contributed by atoms with van der Waals surface area (Å²) in [4.78, 5) is 0.269. The van der Waals surface area contributed by atoms with Crippen LogP contribution >= 0.6 is 24.2 Å². The quantitative estimate of drug-likeness (QED) is 0.621. The summed E-state index contributed by atoms with van der Waals surface area (Å²) in [6.45, 7) is 0. The molecule has 0 saturated heterocycles. The summed E-state index contributed by atoms with van der Waals surface area (Å²) in [5.74, 6) is 0. The van der Waals surface area contributed by atoms with Crippen molar-refractivity contribution < 1.29 is 13.0 Å². The van der Waals surface area contributed by atoms with E-state index in [1.165, 1.54) is 12.1 Å². The van der Waals surface area contributed by atoms with E-state index in [1.54, 1.807) is 18.2 Å². The van der Waals surface area contributed by atoms with Crippen LogP contribution in [0.1, 0.15) is 0 Å². The first kappa shape index (κ1) is 11.7. The van der Waals surface area contributed by atoms with Gasteiger partial charge in [0.15, 0.2) is 0 Å². The molecule has 1 N–H and O–H groups in total. The van der Waals surface area contributed by atoms with Gasteiger partial charge in [0.05, 0.1) is 0 Å². The van der Waals surface area contributed by atoms with Crippen LogP contribution in [0.2, 0.25) is 5.02 Å². The molecule has 0 aliphatic rings. The highest BCUT2D eigenvalue weighted by Crippen LogP contribution is 2.33. The van der Waals surface area contributed by atoms with Crippen LogP contribution in [0.4, 0.5) is 0 Å². The number of benzene rings is 2. The van der Waals surface area contributed by atoms with Gasteiger partial charge < -0.3 is 0 Å². The number of hydrogen-bond donors (Lipinski definition) is 2. The van der Waals surface area contributed by atoms with Gasteiger partial charge in [0, 0.05) is 20.7 Å². The third kappa shape index (κ3) is 1.91. The van der Waals surface area contributed by atoms with E-state index in [1.807, 2.05) is 0 Å². The van der Waals surface area contributed by atoms with Gasteiger partial charge in [0.1, 0.15) is 4.90 Å². The Balaban J connectivity index is 3.04. The van der Waals surface area contributed by atoms with Gasteiger partial charge in [-0.2, -0.15) is 8.42 Å². The maximum absolute atomic E-state index is 11.2. The van der Waals surface area contributed by atoms with Crippen molar-refractivity contribution in [3.63, 3.8) is 0 Å². The lowest BCUT2D eigenvalue weighted by molar-refractivity contribution is 0.484. The molecular formula is C10H7ClO3S2. The number of thiol groups is 1. The molecular weight excluding hydrogens is 268 g/mol. The third-order valence-electron chi connectivity index (χ3n) is 2.21. The second-order valence-electron chi connectivity index (χ2n) is 3.22. The molecule has 0 unspecified atom stereocenters. The molecule has 0 aliphatic carbocycles. The summed E-state index contributed by atoms with van der Waals surface area (Å²) < 4.78 is 31.5. The average molecular weight is 275 g/mol. The highest BCUT2D eigenvalue weighted by Gasteiger charge is 2.16. The summed E-state index contributed by atoms with van der Waals surface area (Å²) in [5.41, 5.74) is 0. The monoisotopic (exact) mass is 274 g/mol.